The third-order valence-electron chi connectivity index (χ3n) is 5.89. The molecule has 2 aromatic heterocycles. The topological polar surface area (TPSA) is 186 Å². The van der Waals surface area contributed by atoms with Crippen LogP contribution in [0, 0.1) is 0 Å². The Labute approximate surface area is 206 Å². The van der Waals surface area contributed by atoms with Crippen LogP contribution in [-0.4, -0.2) is 68.4 Å². The van der Waals surface area contributed by atoms with E-state index in [1.165, 1.54) is 18.3 Å². The molecule has 1 aliphatic rings. The molecule has 190 valence electrons. The standard InChI is InChI=1S/C22H25N7O6S/c1-13(2)36(33,34)15-8-6-14(7-9-15)16-11-24-18(23)19(26-16)29(21-27-25-12-35-21)20(30)17-5-3-4-10-28(17)22(31)32/h6-9,11-13,17H,3-5,10H2,1-2H3,(H2,23,24)(H,31,32). The molecule has 3 N–H and O–H groups in total. The van der Waals surface area contributed by atoms with Crippen molar-refractivity contribution in [1.29, 1.82) is 0 Å². The van der Waals surface area contributed by atoms with Crippen LogP contribution >= 0.6 is 0 Å². The van der Waals surface area contributed by atoms with E-state index in [9.17, 15) is 23.1 Å². The molecule has 14 heteroatoms. The summed E-state index contributed by atoms with van der Waals surface area (Å²) < 4.78 is 30.1. The van der Waals surface area contributed by atoms with Gasteiger partial charge in [-0.05, 0) is 45.2 Å². The highest BCUT2D eigenvalue weighted by Gasteiger charge is 2.39. The van der Waals surface area contributed by atoms with Crippen molar-refractivity contribution in [2.45, 2.75) is 49.3 Å². The number of likely N-dealkylation sites (tertiary alicyclic amines) is 1. The number of sulfone groups is 1. The van der Waals surface area contributed by atoms with Crippen LogP contribution in [0.1, 0.15) is 33.1 Å². The Hall–Kier alpha value is -4.07. The monoisotopic (exact) mass is 515 g/mol. The van der Waals surface area contributed by atoms with Gasteiger partial charge in [-0.3, -0.25) is 9.69 Å². The zero-order valence-electron chi connectivity index (χ0n) is 19.6. The molecule has 1 atom stereocenters. The lowest BCUT2D eigenvalue weighted by atomic mass is 10.0. The quantitative estimate of drug-likeness (QED) is 0.491. The lowest BCUT2D eigenvalue weighted by Gasteiger charge is -2.34. The van der Waals surface area contributed by atoms with Gasteiger partial charge in [0.25, 0.3) is 5.91 Å². The molecule has 3 heterocycles. The number of carbonyl (C=O) groups is 2. The van der Waals surface area contributed by atoms with Gasteiger partial charge in [0.2, 0.25) is 6.39 Å². The van der Waals surface area contributed by atoms with Gasteiger partial charge in [0.05, 0.1) is 22.0 Å². The first kappa shape index (κ1) is 25.0. The van der Waals surface area contributed by atoms with Gasteiger partial charge < -0.3 is 15.3 Å². The van der Waals surface area contributed by atoms with Gasteiger partial charge in [0, 0.05) is 12.1 Å². The number of benzene rings is 1. The zero-order chi connectivity index (χ0) is 26.0. The molecular weight excluding hydrogens is 490 g/mol. The largest absolute Gasteiger partial charge is 0.465 e. The number of carbonyl (C=O) groups excluding carboxylic acids is 1. The Bertz CT molecular complexity index is 1360. The predicted molar refractivity (Wildman–Crippen MR) is 128 cm³/mol. The van der Waals surface area contributed by atoms with Gasteiger partial charge in [0.1, 0.15) is 6.04 Å². The van der Waals surface area contributed by atoms with Crippen LogP contribution in [0.2, 0.25) is 0 Å². The van der Waals surface area contributed by atoms with Gasteiger partial charge in [0.15, 0.2) is 21.5 Å². The molecular formula is C22H25N7O6S. The third-order valence-corrected chi connectivity index (χ3v) is 8.06. The number of hydrogen-bond donors (Lipinski definition) is 2. The molecule has 0 saturated carbocycles. The first-order chi connectivity index (χ1) is 17.1. The number of amides is 2. The molecule has 1 saturated heterocycles. The van der Waals surface area contributed by atoms with E-state index in [1.807, 2.05) is 0 Å². The van der Waals surface area contributed by atoms with Crippen LogP contribution in [0.15, 0.2) is 46.2 Å². The highest BCUT2D eigenvalue weighted by molar-refractivity contribution is 7.92. The first-order valence-electron chi connectivity index (χ1n) is 11.2. The third kappa shape index (κ3) is 4.71. The fourth-order valence-corrected chi connectivity index (χ4v) is 4.96. The normalized spacial score (nSPS) is 16.2. The number of anilines is 3. The summed E-state index contributed by atoms with van der Waals surface area (Å²) in [5, 5.41) is 16.5. The molecule has 1 aromatic carbocycles. The minimum Gasteiger partial charge on any atom is -0.465 e. The van der Waals surface area contributed by atoms with Crippen molar-refractivity contribution in [2.75, 3.05) is 17.2 Å². The van der Waals surface area contributed by atoms with Gasteiger partial charge in [-0.15, -0.1) is 5.10 Å². The molecule has 1 aliphatic heterocycles. The zero-order valence-corrected chi connectivity index (χ0v) is 20.4. The van der Waals surface area contributed by atoms with Crippen LogP contribution < -0.4 is 10.6 Å². The number of hydrogen-bond acceptors (Lipinski definition) is 10. The average Bonchev–Trinajstić information content (AvgIpc) is 3.39. The molecule has 4 rings (SSSR count). The molecule has 2 amide bonds. The van der Waals surface area contributed by atoms with Crippen molar-refractivity contribution in [3.05, 3.63) is 36.9 Å². The summed E-state index contributed by atoms with van der Waals surface area (Å²) >= 11 is 0. The maximum Gasteiger partial charge on any atom is 0.407 e. The van der Waals surface area contributed by atoms with E-state index < -0.39 is 33.1 Å². The van der Waals surface area contributed by atoms with Gasteiger partial charge in [-0.1, -0.05) is 17.2 Å². The number of piperidine rings is 1. The highest BCUT2D eigenvalue weighted by Crippen LogP contribution is 2.32. The smallest absolute Gasteiger partial charge is 0.407 e. The molecule has 1 fully saturated rings. The van der Waals surface area contributed by atoms with E-state index in [-0.39, 0.29) is 29.1 Å². The Morgan fingerprint density at radius 1 is 1.22 bits per heavy atom. The van der Waals surface area contributed by atoms with Gasteiger partial charge >= 0.3 is 12.1 Å². The maximum atomic E-state index is 13.6. The second kappa shape index (κ2) is 9.89. The maximum absolute atomic E-state index is 13.6. The van der Waals surface area contributed by atoms with Crippen molar-refractivity contribution in [3.8, 4) is 11.3 Å². The van der Waals surface area contributed by atoms with Crippen molar-refractivity contribution < 1.29 is 27.5 Å². The number of carboxylic acid groups (broad SMARTS) is 1. The van der Waals surface area contributed by atoms with Crippen LogP contribution in [0.5, 0.6) is 0 Å². The molecule has 13 nitrogen and oxygen atoms in total. The van der Waals surface area contributed by atoms with E-state index in [0.717, 1.165) is 16.2 Å². The Morgan fingerprint density at radius 3 is 2.56 bits per heavy atom. The lowest BCUT2D eigenvalue weighted by molar-refractivity contribution is -0.123. The van der Waals surface area contributed by atoms with Gasteiger partial charge in [-0.2, -0.15) is 0 Å². The fourth-order valence-electron chi connectivity index (χ4n) is 3.90. The number of rotatable bonds is 6. The highest BCUT2D eigenvalue weighted by atomic mass is 32.2. The molecule has 0 radical (unpaired) electrons. The number of nitrogen functional groups attached to an aromatic ring is 1. The van der Waals surface area contributed by atoms with Crippen LogP contribution in [0.4, 0.5) is 22.4 Å². The number of nitrogens with two attached hydrogens (primary N) is 1. The summed E-state index contributed by atoms with van der Waals surface area (Å²) in [6.45, 7) is 3.40. The number of aromatic nitrogens is 4. The SMILES string of the molecule is CC(C)S(=O)(=O)c1ccc(-c2cnc(N)c(N(C(=O)C3CCCCN3C(=O)O)c3nnco3)n2)cc1. The molecule has 36 heavy (non-hydrogen) atoms. The summed E-state index contributed by atoms with van der Waals surface area (Å²) in [5.41, 5.74) is 6.90. The van der Waals surface area contributed by atoms with Crippen molar-refractivity contribution in [3.63, 3.8) is 0 Å². The van der Waals surface area contributed by atoms with Crippen molar-refractivity contribution in [1.82, 2.24) is 25.1 Å². The molecule has 0 aliphatic carbocycles. The number of nitrogens with zero attached hydrogens (tertiary/aromatic N) is 6. The Balaban J connectivity index is 1.75. The van der Waals surface area contributed by atoms with Crippen molar-refractivity contribution in [2.24, 2.45) is 0 Å². The Morgan fingerprint density at radius 2 is 1.94 bits per heavy atom. The van der Waals surface area contributed by atoms with Crippen LogP contribution in [0.25, 0.3) is 11.3 Å². The fraction of sp³-hybridized carbons (Fsp3) is 0.364. The van der Waals surface area contributed by atoms with Gasteiger partial charge in [-0.25, -0.2) is 28.1 Å². The van der Waals surface area contributed by atoms with E-state index in [2.05, 4.69) is 20.2 Å². The second-order valence-electron chi connectivity index (χ2n) is 8.46. The summed E-state index contributed by atoms with van der Waals surface area (Å²) in [5.74, 6) is -0.892. The minimum absolute atomic E-state index is 0.114. The van der Waals surface area contributed by atoms with E-state index in [4.69, 9.17) is 10.2 Å². The molecule has 3 aromatic rings. The van der Waals surface area contributed by atoms with E-state index >= 15 is 0 Å². The van der Waals surface area contributed by atoms with Crippen LogP contribution in [0.3, 0.4) is 0 Å². The molecule has 1 unspecified atom stereocenters. The van der Waals surface area contributed by atoms with E-state index in [1.54, 1.807) is 26.0 Å². The molecule has 0 spiro atoms. The molecule has 0 bridgehead atoms. The first-order valence-corrected chi connectivity index (χ1v) is 12.7. The van der Waals surface area contributed by atoms with E-state index in [0.29, 0.717) is 30.5 Å². The summed E-state index contributed by atoms with van der Waals surface area (Å²) in [4.78, 5) is 36.2. The second-order valence-corrected chi connectivity index (χ2v) is 11.0. The minimum atomic E-state index is -3.46. The summed E-state index contributed by atoms with van der Waals surface area (Å²) in [6.07, 6.45) is 2.77. The summed E-state index contributed by atoms with van der Waals surface area (Å²) in [7, 11) is -3.46. The predicted octanol–water partition coefficient (Wildman–Crippen LogP) is 2.49. The van der Waals surface area contributed by atoms with Crippen molar-refractivity contribution >= 4 is 39.5 Å². The lowest BCUT2D eigenvalue weighted by Crippen LogP contribution is -2.52. The average molecular weight is 516 g/mol. The summed E-state index contributed by atoms with van der Waals surface area (Å²) in [6, 6.07) is 4.84. The Kier molecular flexibility index (Phi) is 6.88. The van der Waals surface area contributed by atoms with Crippen LogP contribution in [-0.2, 0) is 14.6 Å².